The molecule has 0 N–H and O–H groups in total. The maximum Gasteiger partial charge on any atom is 0.254 e. The lowest BCUT2D eigenvalue weighted by atomic mass is 9.93. The number of piperidine rings is 1. The van der Waals surface area contributed by atoms with E-state index in [0.717, 1.165) is 37.1 Å². The third-order valence-electron chi connectivity index (χ3n) is 4.89. The van der Waals surface area contributed by atoms with Crippen LogP contribution in [0.15, 0.2) is 48.5 Å². The van der Waals surface area contributed by atoms with Crippen molar-refractivity contribution in [3.63, 3.8) is 0 Å². The van der Waals surface area contributed by atoms with Gasteiger partial charge in [-0.25, -0.2) is 0 Å². The molecule has 2 aromatic rings. The molecule has 1 saturated heterocycles. The minimum absolute atomic E-state index is 0.158. The van der Waals surface area contributed by atoms with Gasteiger partial charge >= 0.3 is 0 Å². The van der Waals surface area contributed by atoms with Crippen molar-refractivity contribution in [1.82, 2.24) is 9.80 Å². The summed E-state index contributed by atoms with van der Waals surface area (Å²) < 4.78 is 0. The van der Waals surface area contributed by atoms with Crippen LogP contribution in [0.4, 0.5) is 0 Å². The van der Waals surface area contributed by atoms with E-state index >= 15 is 0 Å². The third kappa shape index (κ3) is 4.29. The van der Waals surface area contributed by atoms with Gasteiger partial charge < -0.3 is 9.80 Å². The molecule has 1 amide bonds. The highest BCUT2D eigenvalue weighted by molar-refractivity contribution is 5.94. The lowest BCUT2D eigenvalue weighted by molar-refractivity contribution is 0.0611. The van der Waals surface area contributed by atoms with E-state index in [1.54, 1.807) is 0 Å². The van der Waals surface area contributed by atoms with Crippen LogP contribution in [0.25, 0.3) is 0 Å². The fourth-order valence-corrected chi connectivity index (χ4v) is 3.68. The number of carbonyl (C=O) groups excluding carboxylic acids is 1. The Morgan fingerprint density at radius 1 is 1.12 bits per heavy atom. The van der Waals surface area contributed by atoms with E-state index in [9.17, 15) is 4.79 Å². The molecule has 132 valence electrons. The molecule has 0 radical (unpaired) electrons. The molecule has 25 heavy (non-hydrogen) atoms. The van der Waals surface area contributed by atoms with Crippen molar-refractivity contribution in [2.45, 2.75) is 38.8 Å². The van der Waals surface area contributed by atoms with Gasteiger partial charge in [-0.3, -0.25) is 4.79 Å². The predicted octanol–water partition coefficient (Wildman–Crippen LogP) is 4.42. The summed E-state index contributed by atoms with van der Waals surface area (Å²) in [5.41, 5.74) is 4.49. The van der Waals surface area contributed by atoms with Crippen molar-refractivity contribution in [1.29, 1.82) is 0 Å². The average Bonchev–Trinajstić information content (AvgIpc) is 2.61. The maximum atomic E-state index is 13.1. The molecule has 1 aliphatic rings. The largest absolute Gasteiger partial charge is 0.332 e. The first kappa shape index (κ1) is 17.7. The van der Waals surface area contributed by atoms with Crippen LogP contribution in [0.3, 0.4) is 0 Å². The zero-order chi connectivity index (χ0) is 17.8. The molecule has 0 unspecified atom stereocenters. The standard InChI is InChI=1S/C22H28N2O/c1-17-7-6-8-20(15-17)22(25)24-14-5-4-9-21(24)19-12-10-18(11-13-19)16-23(2)3/h6-8,10-13,15,21H,4-5,9,14,16H2,1-3H3/t21-/m0/s1. The predicted molar refractivity (Wildman–Crippen MR) is 103 cm³/mol. The normalized spacial score (nSPS) is 17.8. The zero-order valence-corrected chi connectivity index (χ0v) is 15.5. The second-order valence-electron chi connectivity index (χ2n) is 7.36. The second-order valence-corrected chi connectivity index (χ2v) is 7.36. The van der Waals surface area contributed by atoms with Crippen molar-refractivity contribution in [2.24, 2.45) is 0 Å². The first-order valence-corrected chi connectivity index (χ1v) is 9.16. The number of benzene rings is 2. The molecule has 0 aliphatic carbocycles. The maximum absolute atomic E-state index is 13.1. The highest BCUT2D eigenvalue weighted by atomic mass is 16.2. The van der Waals surface area contributed by atoms with Gasteiger partial charge in [0.1, 0.15) is 0 Å². The lowest BCUT2D eigenvalue weighted by Crippen LogP contribution is -2.38. The summed E-state index contributed by atoms with van der Waals surface area (Å²) in [5, 5.41) is 0. The number of likely N-dealkylation sites (tertiary alicyclic amines) is 1. The molecule has 2 aromatic carbocycles. The summed E-state index contributed by atoms with van der Waals surface area (Å²) in [4.78, 5) is 17.3. The van der Waals surface area contributed by atoms with Crippen LogP contribution in [0, 0.1) is 6.92 Å². The van der Waals surface area contributed by atoms with E-state index in [0.29, 0.717) is 0 Å². The number of carbonyl (C=O) groups is 1. The smallest absolute Gasteiger partial charge is 0.254 e. The summed E-state index contributed by atoms with van der Waals surface area (Å²) >= 11 is 0. The topological polar surface area (TPSA) is 23.6 Å². The summed E-state index contributed by atoms with van der Waals surface area (Å²) in [6, 6.07) is 16.9. The van der Waals surface area contributed by atoms with Crippen molar-refractivity contribution < 1.29 is 4.79 Å². The average molecular weight is 336 g/mol. The molecule has 3 nitrogen and oxygen atoms in total. The van der Waals surface area contributed by atoms with Crippen LogP contribution in [-0.4, -0.2) is 36.3 Å². The molecule has 1 heterocycles. The van der Waals surface area contributed by atoms with Crippen molar-refractivity contribution in [3.05, 3.63) is 70.8 Å². The fourth-order valence-electron chi connectivity index (χ4n) is 3.68. The number of amides is 1. The van der Waals surface area contributed by atoms with E-state index in [-0.39, 0.29) is 11.9 Å². The van der Waals surface area contributed by atoms with Gasteiger partial charge in [-0.2, -0.15) is 0 Å². The van der Waals surface area contributed by atoms with Gasteiger partial charge in [-0.1, -0.05) is 42.0 Å². The third-order valence-corrected chi connectivity index (χ3v) is 4.89. The van der Waals surface area contributed by atoms with Crippen LogP contribution < -0.4 is 0 Å². The summed E-state index contributed by atoms with van der Waals surface area (Å²) in [7, 11) is 4.16. The Hall–Kier alpha value is -2.13. The first-order valence-electron chi connectivity index (χ1n) is 9.16. The molecular weight excluding hydrogens is 308 g/mol. The van der Waals surface area contributed by atoms with E-state index in [1.807, 2.05) is 31.2 Å². The summed E-state index contributed by atoms with van der Waals surface area (Å²) in [5.74, 6) is 0.158. The Labute approximate surface area is 151 Å². The Morgan fingerprint density at radius 2 is 1.88 bits per heavy atom. The minimum Gasteiger partial charge on any atom is -0.332 e. The SMILES string of the molecule is Cc1cccc(C(=O)N2CCCC[C@H]2c2ccc(CN(C)C)cc2)c1. The van der Waals surface area contributed by atoms with Crippen LogP contribution in [-0.2, 0) is 6.54 Å². The molecule has 0 aromatic heterocycles. The molecule has 0 saturated carbocycles. The molecule has 1 atom stereocenters. The Morgan fingerprint density at radius 3 is 2.56 bits per heavy atom. The lowest BCUT2D eigenvalue weighted by Gasteiger charge is -2.36. The van der Waals surface area contributed by atoms with E-state index in [4.69, 9.17) is 0 Å². The number of hydrogen-bond acceptors (Lipinski definition) is 2. The fraction of sp³-hybridized carbons (Fsp3) is 0.409. The molecule has 1 aliphatic heterocycles. The summed E-state index contributed by atoms with van der Waals surface area (Å²) in [6.07, 6.45) is 3.32. The van der Waals surface area contributed by atoms with Gasteiger partial charge in [0.25, 0.3) is 5.91 Å². The van der Waals surface area contributed by atoms with Gasteiger partial charge in [0, 0.05) is 18.7 Å². The Kier molecular flexibility index (Phi) is 5.54. The molecule has 3 heteroatoms. The van der Waals surface area contributed by atoms with E-state index in [1.165, 1.54) is 17.5 Å². The van der Waals surface area contributed by atoms with Gasteiger partial charge in [0.05, 0.1) is 6.04 Å². The van der Waals surface area contributed by atoms with E-state index in [2.05, 4.69) is 48.2 Å². The van der Waals surface area contributed by atoms with Gasteiger partial charge in [-0.05, 0) is 63.5 Å². The second kappa shape index (κ2) is 7.83. The van der Waals surface area contributed by atoms with Gasteiger partial charge in [-0.15, -0.1) is 0 Å². The van der Waals surface area contributed by atoms with Crippen LogP contribution in [0.1, 0.15) is 52.4 Å². The Bertz CT molecular complexity index is 721. The van der Waals surface area contributed by atoms with E-state index < -0.39 is 0 Å². The number of hydrogen-bond donors (Lipinski definition) is 0. The minimum atomic E-state index is 0.158. The molecule has 0 bridgehead atoms. The zero-order valence-electron chi connectivity index (χ0n) is 15.5. The number of nitrogens with zero attached hydrogens (tertiary/aromatic N) is 2. The summed E-state index contributed by atoms with van der Waals surface area (Å²) in [6.45, 7) is 3.82. The quantitative estimate of drug-likeness (QED) is 0.825. The molecule has 0 spiro atoms. The number of rotatable bonds is 4. The number of aryl methyl sites for hydroxylation is 1. The molecular formula is C22H28N2O. The monoisotopic (exact) mass is 336 g/mol. The van der Waals surface area contributed by atoms with Crippen molar-refractivity contribution in [3.8, 4) is 0 Å². The first-order chi connectivity index (χ1) is 12.0. The highest BCUT2D eigenvalue weighted by Gasteiger charge is 2.28. The Balaban J connectivity index is 1.82. The highest BCUT2D eigenvalue weighted by Crippen LogP contribution is 2.32. The van der Waals surface area contributed by atoms with Crippen LogP contribution in [0.5, 0.6) is 0 Å². The van der Waals surface area contributed by atoms with Crippen LogP contribution >= 0.6 is 0 Å². The van der Waals surface area contributed by atoms with Crippen molar-refractivity contribution in [2.75, 3.05) is 20.6 Å². The van der Waals surface area contributed by atoms with Gasteiger partial charge in [0.2, 0.25) is 0 Å². The van der Waals surface area contributed by atoms with Crippen molar-refractivity contribution >= 4 is 5.91 Å². The molecule has 1 fully saturated rings. The van der Waals surface area contributed by atoms with Gasteiger partial charge in [0.15, 0.2) is 0 Å². The van der Waals surface area contributed by atoms with Crippen LogP contribution in [0.2, 0.25) is 0 Å². The molecule has 3 rings (SSSR count).